The molecule has 1 unspecified atom stereocenters. The van der Waals surface area contributed by atoms with E-state index in [0.29, 0.717) is 5.92 Å². The van der Waals surface area contributed by atoms with Crippen LogP contribution in [-0.4, -0.2) is 20.9 Å². The Kier molecular flexibility index (Phi) is 3.32. The number of rotatable bonds is 2. The molecule has 0 saturated carbocycles. The second kappa shape index (κ2) is 5.02. The minimum atomic E-state index is -0.928. The number of hydrogen-bond acceptors (Lipinski definition) is 2. The SMILES string of the molecule is Cc1ccc(-n2nc(C(=O)O)c3c2CCC(C)C3)cc1C. The van der Waals surface area contributed by atoms with Crippen LogP contribution in [0.4, 0.5) is 0 Å². The van der Waals surface area contributed by atoms with E-state index >= 15 is 0 Å². The molecule has 2 aromatic rings. The predicted octanol–water partition coefficient (Wildman–Crippen LogP) is 3.31. The predicted molar refractivity (Wildman–Crippen MR) is 81.2 cm³/mol. The van der Waals surface area contributed by atoms with E-state index < -0.39 is 5.97 Å². The molecule has 1 heterocycles. The number of aromatic nitrogens is 2. The van der Waals surface area contributed by atoms with Gasteiger partial charge in [0.25, 0.3) is 0 Å². The fourth-order valence-corrected chi connectivity index (χ4v) is 3.03. The van der Waals surface area contributed by atoms with Gasteiger partial charge in [-0.05, 0) is 62.3 Å². The van der Waals surface area contributed by atoms with Crippen LogP contribution in [0.2, 0.25) is 0 Å². The van der Waals surface area contributed by atoms with E-state index in [4.69, 9.17) is 0 Å². The van der Waals surface area contributed by atoms with E-state index in [1.54, 1.807) is 0 Å². The third kappa shape index (κ3) is 2.35. The summed E-state index contributed by atoms with van der Waals surface area (Å²) in [6.45, 7) is 6.30. The third-order valence-electron chi connectivity index (χ3n) is 4.45. The van der Waals surface area contributed by atoms with Gasteiger partial charge in [-0.15, -0.1) is 0 Å². The summed E-state index contributed by atoms with van der Waals surface area (Å²) in [5.41, 5.74) is 5.57. The quantitative estimate of drug-likeness (QED) is 0.920. The highest BCUT2D eigenvalue weighted by Gasteiger charge is 2.27. The van der Waals surface area contributed by atoms with Crippen molar-refractivity contribution in [1.82, 2.24) is 9.78 Å². The molecule has 1 atom stereocenters. The molecule has 21 heavy (non-hydrogen) atoms. The molecular formula is C17H20N2O2. The monoisotopic (exact) mass is 284 g/mol. The molecule has 1 N–H and O–H groups in total. The van der Waals surface area contributed by atoms with Crippen molar-refractivity contribution in [2.45, 2.75) is 40.0 Å². The number of carboxylic acids is 1. The summed E-state index contributed by atoms with van der Waals surface area (Å²) in [6.07, 6.45) is 2.79. The summed E-state index contributed by atoms with van der Waals surface area (Å²) >= 11 is 0. The summed E-state index contributed by atoms with van der Waals surface area (Å²) in [5.74, 6) is -0.407. The minimum Gasteiger partial charge on any atom is -0.476 e. The third-order valence-corrected chi connectivity index (χ3v) is 4.45. The van der Waals surface area contributed by atoms with Gasteiger partial charge in [-0.3, -0.25) is 0 Å². The Hall–Kier alpha value is -2.10. The first kappa shape index (κ1) is 13.9. The van der Waals surface area contributed by atoms with Crippen LogP contribution in [0, 0.1) is 19.8 Å². The molecule has 1 aromatic heterocycles. The van der Waals surface area contributed by atoms with Gasteiger partial charge in [0.15, 0.2) is 5.69 Å². The highest BCUT2D eigenvalue weighted by Crippen LogP contribution is 2.30. The van der Waals surface area contributed by atoms with Crippen molar-refractivity contribution >= 4 is 5.97 Å². The van der Waals surface area contributed by atoms with Gasteiger partial charge in [0.1, 0.15) is 0 Å². The Morgan fingerprint density at radius 2 is 2.10 bits per heavy atom. The molecule has 0 fully saturated rings. The Labute approximate surface area is 124 Å². The zero-order valence-electron chi connectivity index (χ0n) is 12.7. The zero-order chi connectivity index (χ0) is 15.1. The second-order valence-electron chi connectivity index (χ2n) is 6.11. The fraction of sp³-hybridized carbons (Fsp3) is 0.412. The lowest BCUT2D eigenvalue weighted by Gasteiger charge is -2.19. The van der Waals surface area contributed by atoms with Crippen molar-refractivity contribution in [1.29, 1.82) is 0 Å². The van der Waals surface area contributed by atoms with E-state index in [0.717, 1.165) is 36.2 Å². The van der Waals surface area contributed by atoms with Crippen LogP contribution in [0.15, 0.2) is 18.2 Å². The zero-order valence-corrected chi connectivity index (χ0v) is 12.7. The minimum absolute atomic E-state index is 0.217. The van der Waals surface area contributed by atoms with Crippen molar-refractivity contribution < 1.29 is 9.90 Å². The molecule has 0 spiro atoms. The first-order valence-corrected chi connectivity index (χ1v) is 7.39. The number of fused-ring (bicyclic) bond motifs is 1. The molecule has 110 valence electrons. The fourth-order valence-electron chi connectivity index (χ4n) is 3.03. The van der Waals surface area contributed by atoms with Crippen LogP contribution in [0.3, 0.4) is 0 Å². The first-order valence-electron chi connectivity index (χ1n) is 7.39. The van der Waals surface area contributed by atoms with Crippen LogP contribution in [-0.2, 0) is 12.8 Å². The largest absolute Gasteiger partial charge is 0.476 e. The molecule has 0 aliphatic heterocycles. The molecule has 0 saturated heterocycles. The topological polar surface area (TPSA) is 55.1 Å². The van der Waals surface area contributed by atoms with Gasteiger partial charge in [-0.2, -0.15) is 5.10 Å². The van der Waals surface area contributed by atoms with Crippen LogP contribution >= 0.6 is 0 Å². The summed E-state index contributed by atoms with van der Waals surface area (Å²) < 4.78 is 1.83. The van der Waals surface area contributed by atoms with Gasteiger partial charge in [0.2, 0.25) is 0 Å². The lowest BCUT2D eigenvalue weighted by atomic mass is 9.87. The smallest absolute Gasteiger partial charge is 0.356 e. The molecule has 3 rings (SSSR count). The highest BCUT2D eigenvalue weighted by molar-refractivity contribution is 5.87. The van der Waals surface area contributed by atoms with E-state index in [9.17, 15) is 9.90 Å². The number of carbonyl (C=O) groups is 1. The normalized spacial score (nSPS) is 17.6. The van der Waals surface area contributed by atoms with E-state index in [1.165, 1.54) is 11.1 Å². The highest BCUT2D eigenvalue weighted by atomic mass is 16.4. The number of hydrogen-bond donors (Lipinski definition) is 1. The van der Waals surface area contributed by atoms with Gasteiger partial charge in [-0.25, -0.2) is 9.48 Å². The van der Waals surface area contributed by atoms with E-state index in [-0.39, 0.29) is 5.69 Å². The Balaban J connectivity index is 2.17. The molecular weight excluding hydrogens is 264 g/mol. The number of carboxylic acid groups (broad SMARTS) is 1. The van der Waals surface area contributed by atoms with Crippen LogP contribution in [0.1, 0.15) is 46.2 Å². The van der Waals surface area contributed by atoms with Gasteiger partial charge in [0.05, 0.1) is 5.69 Å². The van der Waals surface area contributed by atoms with Crippen LogP contribution in [0.25, 0.3) is 5.69 Å². The Bertz CT molecular complexity index is 716. The van der Waals surface area contributed by atoms with Crippen molar-refractivity contribution in [2.75, 3.05) is 0 Å². The summed E-state index contributed by atoms with van der Waals surface area (Å²) in [7, 11) is 0. The maximum atomic E-state index is 11.5. The molecule has 1 aromatic carbocycles. The standard InChI is InChI=1S/C17H20N2O2/c1-10-4-7-15-14(8-10)16(17(20)21)18-19(15)13-6-5-11(2)12(3)9-13/h5-6,9-10H,4,7-8H2,1-3H3,(H,20,21). The lowest BCUT2D eigenvalue weighted by Crippen LogP contribution is -2.14. The van der Waals surface area contributed by atoms with Crippen molar-refractivity contribution in [3.8, 4) is 5.69 Å². The Morgan fingerprint density at radius 3 is 2.76 bits per heavy atom. The summed E-state index contributed by atoms with van der Waals surface area (Å²) in [4.78, 5) is 11.5. The maximum absolute atomic E-state index is 11.5. The van der Waals surface area contributed by atoms with Gasteiger partial charge < -0.3 is 5.11 Å². The molecule has 0 bridgehead atoms. The van der Waals surface area contributed by atoms with Gasteiger partial charge in [-0.1, -0.05) is 13.0 Å². The second-order valence-corrected chi connectivity index (χ2v) is 6.11. The number of aromatic carboxylic acids is 1. The molecule has 4 heteroatoms. The van der Waals surface area contributed by atoms with Crippen LogP contribution in [0.5, 0.6) is 0 Å². The molecule has 4 nitrogen and oxygen atoms in total. The summed E-state index contributed by atoms with van der Waals surface area (Å²) in [5, 5.41) is 13.8. The van der Waals surface area contributed by atoms with Gasteiger partial charge in [0, 0.05) is 11.3 Å². The maximum Gasteiger partial charge on any atom is 0.356 e. The molecule has 1 aliphatic carbocycles. The summed E-state index contributed by atoms with van der Waals surface area (Å²) in [6, 6.07) is 6.15. The lowest BCUT2D eigenvalue weighted by molar-refractivity contribution is 0.0688. The van der Waals surface area contributed by atoms with Gasteiger partial charge >= 0.3 is 5.97 Å². The Morgan fingerprint density at radius 1 is 1.33 bits per heavy atom. The van der Waals surface area contributed by atoms with E-state index in [1.807, 2.05) is 10.7 Å². The van der Waals surface area contributed by atoms with Crippen molar-refractivity contribution in [2.24, 2.45) is 5.92 Å². The molecule has 0 radical (unpaired) electrons. The van der Waals surface area contributed by atoms with Crippen molar-refractivity contribution in [3.63, 3.8) is 0 Å². The molecule has 1 aliphatic rings. The average Bonchev–Trinajstić information content (AvgIpc) is 2.80. The average molecular weight is 284 g/mol. The number of nitrogens with zero attached hydrogens (tertiary/aromatic N) is 2. The first-order chi connectivity index (χ1) is 9.97. The van der Waals surface area contributed by atoms with E-state index in [2.05, 4.69) is 38.0 Å². The number of aryl methyl sites for hydroxylation is 2. The van der Waals surface area contributed by atoms with Crippen LogP contribution < -0.4 is 0 Å². The number of benzene rings is 1. The van der Waals surface area contributed by atoms with Crippen molar-refractivity contribution in [3.05, 3.63) is 46.3 Å². The molecule has 0 amide bonds.